The van der Waals surface area contributed by atoms with Crippen molar-refractivity contribution in [1.82, 2.24) is 4.98 Å². The van der Waals surface area contributed by atoms with E-state index in [2.05, 4.69) is 33.6 Å². The Balaban J connectivity index is 2.52. The largest absolute Gasteiger partial charge is 0.384 e. The van der Waals surface area contributed by atoms with Gasteiger partial charge in [-0.05, 0) is 34.7 Å². The minimum Gasteiger partial charge on any atom is -0.384 e. The molecule has 0 atom stereocenters. The SMILES string of the molecule is COCCc1ccc(I)cn1. The summed E-state index contributed by atoms with van der Waals surface area (Å²) < 4.78 is 6.10. The molecule has 0 fully saturated rings. The molecule has 0 aliphatic carbocycles. The molecule has 0 N–H and O–H groups in total. The van der Waals surface area contributed by atoms with E-state index in [0.717, 1.165) is 18.7 Å². The van der Waals surface area contributed by atoms with Crippen molar-refractivity contribution in [3.63, 3.8) is 0 Å². The zero-order valence-electron chi connectivity index (χ0n) is 6.38. The van der Waals surface area contributed by atoms with Crippen LogP contribution in [0.2, 0.25) is 0 Å². The first-order valence-electron chi connectivity index (χ1n) is 3.42. The van der Waals surface area contributed by atoms with Crippen LogP contribution in [0.3, 0.4) is 0 Å². The van der Waals surface area contributed by atoms with Gasteiger partial charge in [-0.25, -0.2) is 0 Å². The van der Waals surface area contributed by atoms with Gasteiger partial charge in [0.15, 0.2) is 0 Å². The number of nitrogens with zero attached hydrogens (tertiary/aromatic N) is 1. The Hall–Kier alpha value is -0.160. The molecular weight excluding hydrogens is 253 g/mol. The molecule has 0 aliphatic rings. The Morgan fingerprint density at radius 1 is 1.55 bits per heavy atom. The van der Waals surface area contributed by atoms with Crippen LogP contribution in [-0.2, 0) is 11.2 Å². The van der Waals surface area contributed by atoms with Gasteiger partial charge in [-0.2, -0.15) is 0 Å². The lowest BCUT2D eigenvalue weighted by Gasteiger charge is -1.98. The van der Waals surface area contributed by atoms with Crippen LogP contribution < -0.4 is 0 Å². The third kappa shape index (κ3) is 3.16. The predicted octanol–water partition coefficient (Wildman–Crippen LogP) is 1.88. The molecule has 0 bridgehead atoms. The highest BCUT2D eigenvalue weighted by Gasteiger charge is 1.92. The zero-order chi connectivity index (χ0) is 8.10. The number of hydrogen-bond donors (Lipinski definition) is 0. The van der Waals surface area contributed by atoms with E-state index in [0.29, 0.717) is 0 Å². The highest BCUT2D eigenvalue weighted by molar-refractivity contribution is 14.1. The Morgan fingerprint density at radius 2 is 2.36 bits per heavy atom. The van der Waals surface area contributed by atoms with Gasteiger partial charge in [-0.15, -0.1) is 0 Å². The maximum absolute atomic E-state index is 4.93. The van der Waals surface area contributed by atoms with Crippen molar-refractivity contribution in [2.45, 2.75) is 6.42 Å². The third-order valence-corrected chi connectivity index (χ3v) is 1.99. The van der Waals surface area contributed by atoms with Crippen LogP contribution in [0.25, 0.3) is 0 Å². The van der Waals surface area contributed by atoms with E-state index in [4.69, 9.17) is 4.74 Å². The second-order valence-corrected chi connectivity index (χ2v) is 3.46. The minimum absolute atomic E-state index is 0.744. The Kier molecular flexibility index (Phi) is 3.79. The summed E-state index contributed by atoms with van der Waals surface area (Å²) in [5.41, 5.74) is 1.09. The van der Waals surface area contributed by atoms with Crippen molar-refractivity contribution in [2.75, 3.05) is 13.7 Å². The van der Waals surface area contributed by atoms with Gasteiger partial charge in [-0.3, -0.25) is 4.98 Å². The van der Waals surface area contributed by atoms with Gasteiger partial charge < -0.3 is 4.74 Å². The van der Waals surface area contributed by atoms with Crippen LogP contribution in [0, 0.1) is 3.57 Å². The molecule has 1 aromatic heterocycles. The molecule has 0 saturated carbocycles. The van der Waals surface area contributed by atoms with Crippen molar-refractivity contribution in [1.29, 1.82) is 0 Å². The topological polar surface area (TPSA) is 22.1 Å². The summed E-state index contributed by atoms with van der Waals surface area (Å²) in [6.07, 6.45) is 2.76. The molecule has 2 nitrogen and oxygen atoms in total. The first-order valence-corrected chi connectivity index (χ1v) is 4.50. The third-order valence-electron chi connectivity index (χ3n) is 1.35. The first kappa shape index (κ1) is 8.93. The molecular formula is C8H10INO. The molecule has 0 saturated heterocycles. The summed E-state index contributed by atoms with van der Waals surface area (Å²) in [4.78, 5) is 4.23. The zero-order valence-corrected chi connectivity index (χ0v) is 8.54. The molecule has 11 heavy (non-hydrogen) atoms. The van der Waals surface area contributed by atoms with Crippen molar-refractivity contribution < 1.29 is 4.74 Å². The number of hydrogen-bond acceptors (Lipinski definition) is 2. The fraction of sp³-hybridized carbons (Fsp3) is 0.375. The van der Waals surface area contributed by atoms with Gasteiger partial charge >= 0.3 is 0 Å². The summed E-state index contributed by atoms with van der Waals surface area (Å²) in [7, 11) is 1.70. The number of aromatic nitrogens is 1. The lowest BCUT2D eigenvalue weighted by Crippen LogP contribution is -1.96. The summed E-state index contributed by atoms with van der Waals surface area (Å²) >= 11 is 2.24. The summed E-state index contributed by atoms with van der Waals surface area (Å²) in [6, 6.07) is 4.08. The molecule has 1 rings (SSSR count). The number of pyridine rings is 1. The van der Waals surface area contributed by atoms with Crippen LogP contribution >= 0.6 is 22.6 Å². The van der Waals surface area contributed by atoms with E-state index in [1.165, 1.54) is 3.57 Å². The standard InChI is InChI=1S/C8H10INO/c1-11-5-4-8-3-2-7(9)6-10-8/h2-3,6H,4-5H2,1H3. The summed E-state index contributed by atoms with van der Waals surface area (Å²) in [5, 5.41) is 0. The summed E-state index contributed by atoms with van der Waals surface area (Å²) in [6.45, 7) is 0.744. The summed E-state index contributed by atoms with van der Waals surface area (Å²) in [5.74, 6) is 0. The lowest BCUT2D eigenvalue weighted by atomic mass is 10.3. The molecule has 0 aliphatic heterocycles. The second-order valence-electron chi connectivity index (χ2n) is 2.21. The van der Waals surface area contributed by atoms with Gasteiger partial charge in [0.1, 0.15) is 0 Å². The number of methoxy groups -OCH3 is 1. The van der Waals surface area contributed by atoms with Crippen LogP contribution in [0.5, 0.6) is 0 Å². The van der Waals surface area contributed by atoms with Crippen LogP contribution in [0.15, 0.2) is 18.3 Å². The maximum Gasteiger partial charge on any atom is 0.0517 e. The van der Waals surface area contributed by atoms with Crippen LogP contribution in [-0.4, -0.2) is 18.7 Å². The minimum atomic E-state index is 0.744. The van der Waals surface area contributed by atoms with Crippen molar-refractivity contribution in [2.24, 2.45) is 0 Å². The average molecular weight is 263 g/mol. The Labute approximate surface area is 80.1 Å². The maximum atomic E-state index is 4.93. The molecule has 3 heteroatoms. The van der Waals surface area contributed by atoms with Gasteiger partial charge in [-0.1, -0.05) is 0 Å². The highest BCUT2D eigenvalue weighted by atomic mass is 127. The van der Waals surface area contributed by atoms with E-state index >= 15 is 0 Å². The fourth-order valence-corrected chi connectivity index (χ4v) is 1.08. The van der Waals surface area contributed by atoms with E-state index in [-0.39, 0.29) is 0 Å². The fourth-order valence-electron chi connectivity index (χ4n) is 0.761. The molecule has 0 amide bonds. The second kappa shape index (κ2) is 4.66. The number of ether oxygens (including phenoxy) is 1. The average Bonchev–Trinajstić information content (AvgIpc) is 2.04. The Morgan fingerprint density at radius 3 is 2.91 bits per heavy atom. The molecule has 1 heterocycles. The van der Waals surface area contributed by atoms with E-state index in [1.807, 2.05) is 12.3 Å². The quantitative estimate of drug-likeness (QED) is 0.777. The predicted molar refractivity (Wildman–Crippen MR) is 52.5 cm³/mol. The van der Waals surface area contributed by atoms with Gasteiger partial charge in [0.05, 0.1) is 6.61 Å². The molecule has 0 radical (unpaired) electrons. The van der Waals surface area contributed by atoms with E-state index < -0.39 is 0 Å². The first-order chi connectivity index (χ1) is 5.33. The van der Waals surface area contributed by atoms with Gasteiger partial charge in [0, 0.05) is 29.0 Å². The Bertz CT molecular complexity index is 210. The normalized spacial score (nSPS) is 10.0. The molecule has 1 aromatic rings. The van der Waals surface area contributed by atoms with Crippen molar-refractivity contribution in [3.8, 4) is 0 Å². The smallest absolute Gasteiger partial charge is 0.0517 e. The lowest BCUT2D eigenvalue weighted by molar-refractivity contribution is 0.201. The van der Waals surface area contributed by atoms with E-state index in [1.54, 1.807) is 7.11 Å². The van der Waals surface area contributed by atoms with Crippen LogP contribution in [0.4, 0.5) is 0 Å². The molecule has 0 unspecified atom stereocenters. The van der Waals surface area contributed by atoms with Crippen molar-refractivity contribution >= 4 is 22.6 Å². The highest BCUT2D eigenvalue weighted by Crippen LogP contribution is 2.03. The number of halogens is 1. The van der Waals surface area contributed by atoms with Crippen LogP contribution in [0.1, 0.15) is 5.69 Å². The van der Waals surface area contributed by atoms with Crippen molar-refractivity contribution in [3.05, 3.63) is 27.6 Å². The van der Waals surface area contributed by atoms with E-state index in [9.17, 15) is 0 Å². The molecule has 0 aromatic carbocycles. The number of rotatable bonds is 3. The monoisotopic (exact) mass is 263 g/mol. The van der Waals surface area contributed by atoms with Gasteiger partial charge in [0.25, 0.3) is 0 Å². The molecule has 0 spiro atoms. The van der Waals surface area contributed by atoms with Gasteiger partial charge in [0.2, 0.25) is 0 Å². The molecule has 60 valence electrons.